The zero-order valence-corrected chi connectivity index (χ0v) is 15.3. The molecule has 2 unspecified atom stereocenters. The van der Waals surface area contributed by atoms with E-state index in [4.69, 9.17) is 0 Å². The standard InChI is InChI=1S/C19H28N4O2/c1-4-5-15-11-17(21-20-15)19(25)22-6-7-23(18(24)12-22)16-9-13(2)8-14(3)10-16/h8-10,15,17,20-21H,4-7,11-12H2,1-3H3. The van der Waals surface area contributed by atoms with Crippen LogP contribution in [0.2, 0.25) is 0 Å². The predicted octanol–water partition coefficient (Wildman–Crippen LogP) is 1.51. The highest BCUT2D eigenvalue weighted by Crippen LogP contribution is 2.22. The van der Waals surface area contributed by atoms with Crippen LogP contribution in [0.25, 0.3) is 0 Å². The molecule has 136 valence electrons. The number of carbonyl (C=O) groups excluding carboxylic acids is 2. The van der Waals surface area contributed by atoms with Gasteiger partial charge in [-0.2, -0.15) is 0 Å². The molecule has 1 aromatic rings. The fourth-order valence-corrected chi connectivity index (χ4v) is 3.78. The molecule has 3 rings (SSSR count). The number of aryl methyl sites for hydroxylation is 2. The number of carbonyl (C=O) groups is 2. The Balaban J connectivity index is 1.62. The lowest BCUT2D eigenvalue weighted by Gasteiger charge is -2.35. The lowest BCUT2D eigenvalue weighted by Crippen LogP contribution is -2.56. The van der Waals surface area contributed by atoms with E-state index in [9.17, 15) is 9.59 Å². The van der Waals surface area contributed by atoms with Crippen molar-refractivity contribution in [3.8, 4) is 0 Å². The Morgan fingerprint density at radius 1 is 1.16 bits per heavy atom. The predicted molar refractivity (Wildman–Crippen MR) is 98.2 cm³/mol. The first-order chi connectivity index (χ1) is 12.0. The van der Waals surface area contributed by atoms with Gasteiger partial charge in [-0.05, 0) is 49.9 Å². The van der Waals surface area contributed by atoms with Gasteiger partial charge in [-0.15, -0.1) is 0 Å². The molecule has 2 aliphatic rings. The van der Waals surface area contributed by atoms with Crippen LogP contribution in [-0.2, 0) is 9.59 Å². The molecule has 0 saturated carbocycles. The van der Waals surface area contributed by atoms with Gasteiger partial charge in [-0.25, -0.2) is 5.43 Å². The van der Waals surface area contributed by atoms with Crippen LogP contribution in [0.4, 0.5) is 5.69 Å². The van der Waals surface area contributed by atoms with Crippen LogP contribution in [0.3, 0.4) is 0 Å². The van der Waals surface area contributed by atoms with E-state index < -0.39 is 0 Å². The van der Waals surface area contributed by atoms with Crippen LogP contribution < -0.4 is 15.8 Å². The minimum absolute atomic E-state index is 0.0133. The summed E-state index contributed by atoms with van der Waals surface area (Å²) in [6.45, 7) is 7.49. The van der Waals surface area contributed by atoms with Gasteiger partial charge in [0.2, 0.25) is 11.8 Å². The Morgan fingerprint density at radius 3 is 2.52 bits per heavy atom. The van der Waals surface area contributed by atoms with Gasteiger partial charge in [0, 0.05) is 24.8 Å². The SMILES string of the molecule is CCCC1CC(C(=O)N2CCN(c3cc(C)cc(C)c3)C(=O)C2)NN1. The molecule has 2 saturated heterocycles. The van der Waals surface area contributed by atoms with Gasteiger partial charge in [-0.1, -0.05) is 19.4 Å². The van der Waals surface area contributed by atoms with Crippen molar-refractivity contribution in [2.24, 2.45) is 0 Å². The molecule has 0 spiro atoms. The zero-order valence-electron chi connectivity index (χ0n) is 15.3. The minimum Gasteiger partial charge on any atom is -0.330 e. The van der Waals surface area contributed by atoms with Crippen molar-refractivity contribution in [3.63, 3.8) is 0 Å². The summed E-state index contributed by atoms with van der Waals surface area (Å²) in [5, 5.41) is 0. The Morgan fingerprint density at radius 2 is 1.88 bits per heavy atom. The van der Waals surface area contributed by atoms with E-state index >= 15 is 0 Å². The van der Waals surface area contributed by atoms with Crippen LogP contribution in [-0.4, -0.2) is 48.4 Å². The van der Waals surface area contributed by atoms with Gasteiger partial charge in [0.1, 0.15) is 12.6 Å². The number of hydrazine groups is 1. The van der Waals surface area contributed by atoms with E-state index in [2.05, 4.69) is 23.8 Å². The number of benzene rings is 1. The van der Waals surface area contributed by atoms with E-state index in [0.29, 0.717) is 19.1 Å². The maximum absolute atomic E-state index is 12.7. The largest absolute Gasteiger partial charge is 0.330 e. The van der Waals surface area contributed by atoms with Crippen LogP contribution in [0.5, 0.6) is 0 Å². The van der Waals surface area contributed by atoms with Gasteiger partial charge in [0.15, 0.2) is 0 Å². The van der Waals surface area contributed by atoms with Gasteiger partial charge >= 0.3 is 0 Å². The van der Waals surface area contributed by atoms with Crippen molar-refractivity contribution in [2.45, 2.75) is 52.1 Å². The quantitative estimate of drug-likeness (QED) is 0.869. The zero-order chi connectivity index (χ0) is 18.0. The molecule has 2 fully saturated rings. The van der Waals surface area contributed by atoms with Gasteiger partial charge in [0.25, 0.3) is 0 Å². The molecular formula is C19H28N4O2. The Bertz CT molecular complexity index is 641. The number of hydrogen-bond acceptors (Lipinski definition) is 4. The fraction of sp³-hybridized carbons (Fsp3) is 0.579. The van der Waals surface area contributed by atoms with Gasteiger partial charge < -0.3 is 9.80 Å². The lowest BCUT2D eigenvalue weighted by atomic mass is 10.0. The third-order valence-corrected chi connectivity index (χ3v) is 4.97. The summed E-state index contributed by atoms with van der Waals surface area (Å²) < 4.78 is 0. The highest BCUT2D eigenvalue weighted by Gasteiger charge is 2.35. The van der Waals surface area contributed by atoms with E-state index in [0.717, 1.165) is 36.1 Å². The summed E-state index contributed by atoms with van der Waals surface area (Å²) in [6.07, 6.45) is 2.93. The Labute approximate surface area is 149 Å². The third kappa shape index (κ3) is 4.02. The molecule has 0 aromatic heterocycles. The number of nitrogens with zero attached hydrogens (tertiary/aromatic N) is 2. The van der Waals surface area contributed by atoms with Crippen molar-refractivity contribution in [3.05, 3.63) is 29.3 Å². The average molecular weight is 344 g/mol. The summed E-state index contributed by atoms with van der Waals surface area (Å²) >= 11 is 0. The summed E-state index contributed by atoms with van der Waals surface area (Å²) in [5.74, 6) is 0.0141. The summed E-state index contributed by atoms with van der Waals surface area (Å²) in [6, 6.07) is 6.27. The number of piperazine rings is 1. The second-order valence-corrected chi connectivity index (χ2v) is 7.21. The number of anilines is 1. The normalized spacial score (nSPS) is 24.0. The first kappa shape index (κ1) is 17.9. The summed E-state index contributed by atoms with van der Waals surface area (Å²) in [7, 11) is 0. The van der Waals surface area contributed by atoms with E-state index in [1.54, 1.807) is 9.80 Å². The smallest absolute Gasteiger partial charge is 0.246 e. The molecule has 2 aliphatic heterocycles. The van der Waals surface area contributed by atoms with Crippen molar-refractivity contribution in [1.29, 1.82) is 0 Å². The van der Waals surface area contributed by atoms with Crippen molar-refractivity contribution >= 4 is 17.5 Å². The van der Waals surface area contributed by atoms with Crippen molar-refractivity contribution in [1.82, 2.24) is 15.8 Å². The molecule has 0 aliphatic carbocycles. The van der Waals surface area contributed by atoms with Crippen molar-refractivity contribution < 1.29 is 9.59 Å². The minimum atomic E-state index is -0.225. The van der Waals surface area contributed by atoms with Crippen LogP contribution in [0.1, 0.15) is 37.3 Å². The lowest BCUT2D eigenvalue weighted by molar-refractivity contribution is -0.138. The van der Waals surface area contributed by atoms with E-state index in [-0.39, 0.29) is 24.4 Å². The molecule has 2 amide bonds. The maximum Gasteiger partial charge on any atom is 0.246 e. The molecule has 2 heterocycles. The topological polar surface area (TPSA) is 64.7 Å². The first-order valence-corrected chi connectivity index (χ1v) is 9.16. The van der Waals surface area contributed by atoms with Crippen molar-refractivity contribution in [2.75, 3.05) is 24.5 Å². The molecule has 2 atom stereocenters. The van der Waals surface area contributed by atoms with E-state index in [1.807, 2.05) is 26.0 Å². The molecule has 1 aromatic carbocycles. The Hall–Kier alpha value is -1.92. The fourth-order valence-electron chi connectivity index (χ4n) is 3.78. The first-order valence-electron chi connectivity index (χ1n) is 9.16. The van der Waals surface area contributed by atoms with Crippen LogP contribution in [0.15, 0.2) is 18.2 Å². The highest BCUT2D eigenvalue weighted by atomic mass is 16.2. The summed E-state index contributed by atoms with van der Waals surface area (Å²) in [4.78, 5) is 28.8. The monoisotopic (exact) mass is 344 g/mol. The number of amides is 2. The second-order valence-electron chi connectivity index (χ2n) is 7.21. The molecular weight excluding hydrogens is 316 g/mol. The average Bonchev–Trinajstić information content (AvgIpc) is 3.02. The maximum atomic E-state index is 12.7. The summed E-state index contributed by atoms with van der Waals surface area (Å²) in [5.41, 5.74) is 9.50. The van der Waals surface area contributed by atoms with E-state index in [1.165, 1.54) is 0 Å². The number of rotatable bonds is 4. The van der Waals surface area contributed by atoms with Crippen LogP contribution in [0, 0.1) is 13.8 Å². The Kier molecular flexibility index (Phi) is 5.39. The second kappa shape index (κ2) is 7.54. The van der Waals surface area contributed by atoms with Gasteiger partial charge in [0.05, 0.1) is 0 Å². The highest BCUT2D eigenvalue weighted by molar-refractivity contribution is 5.98. The molecule has 6 heteroatoms. The number of hydrogen-bond donors (Lipinski definition) is 2. The van der Waals surface area contributed by atoms with Crippen LogP contribution >= 0.6 is 0 Å². The molecule has 0 bridgehead atoms. The van der Waals surface area contributed by atoms with Gasteiger partial charge in [-0.3, -0.25) is 15.0 Å². The molecule has 0 radical (unpaired) electrons. The molecule has 6 nitrogen and oxygen atoms in total. The molecule has 2 N–H and O–H groups in total. The molecule has 25 heavy (non-hydrogen) atoms. The third-order valence-electron chi connectivity index (χ3n) is 4.97. The number of nitrogens with one attached hydrogen (secondary N) is 2.